The third-order valence-corrected chi connectivity index (χ3v) is 3.07. The van der Waals surface area contributed by atoms with Crippen molar-refractivity contribution in [2.24, 2.45) is 7.05 Å². The Kier molecular flexibility index (Phi) is 3.69. The molecule has 0 aliphatic rings. The van der Waals surface area contributed by atoms with Crippen LogP contribution in [0, 0.1) is 0 Å². The van der Waals surface area contributed by atoms with Crippen LogP contribution in [0.25, 0.3) is 5.65 Å². The lowest BCUT2D eigenvalue weighted by Crippen LogP contribution is -2.14. The van der Waals surface area contributed by atoms with E-state index in [2.05, 4.69) is 25.7 Å². The second-order valence-corrected chi connectivity index (χ2v) is 4.68. The molecule has 0 fully saturated rings. The van der Waals surface area contributed by atoms with E-state index < -0.39 is 0 Å². The summed E-state index contributed by atoms with van der Waals surface area (Å²) in [4.78, 5) is 11.9. The molecule has 0 spiro atoms. The zero-order valence-electron chi connectivity index (χ0n) is 12.2. The van der Waals surface area contributed by atoms with E-state index in [4.69, 9.17) is 4.74 Å². The van der Waals surface area contributed by atoms with Gasteiger partial charge in [-0.3, -0.25) is 9.48 Å². The molecule has 3 rings (SSSR count). The Hall–Kier alpha value is -2.97. The summed E-state index contributed by atoms with van der Waals surface area (Å²) < 4.78 is 8.28. The van der Waals surface area contributed by atoms with Crippen molar-refractivity contribution in [2.75, 3.05) is 12.4 Å². The quantitative estimate of drug-likeness (QED) is 0.734. The van der Waals surface area contributed by atoms with Gasteiger partial charge in [0.2, 0.25) is 11.8 Å². The number of hydrogen-bond acceptors (Lipinski definition) is 6. The Labute approximate surface area is 125 Å². The van der Waals surface area contributed by atoms with Gasteiger partial charge in [0.25, 0.3) is 0 Å². The molecule has 0 unspecified atom stereocenters. The van der Waals surface area contributed by atoms with Crippen LogP contribution in [-0.2, 0) is 18.3 Å². The second-order valence-electron chi connectivity index (χ2n) is 4.68. The molecule has 9 heteroatoms. The third kappa shape index (κ3) is 2.87. The maximum Gasteiger partial charge on any atom is 0.231 e. The normalized spacial score (nSPS) is 10.8. The van der Waals surface area contributed by atoms with Gasteiger partial charge in [0, 0.05) is 38.2 Å². The maximum atomic E-state index is 11.9. The number of fused-ring (bicyclic) bond motifs is 1. The zero-order chi connectivity index (χ0) is 15.5. The molecule has 0 saturated carbocycles. The smallest absolute Gasteiger partial charge is 0.231 e. The molecule has 114 valence electrons. The van der Waals surface area contributed by atoms with Gasteiger partial charge in [-0.15, -0.1) is 15.3 Å². The monoisotopic (exact) mass is 301 g/mol. The number of aromatic nitrogens is 6. The Balaban J connectivity index is 1.67. The first-order chi connectivity index (χ1) is 10.7. The van der Waals surface area contributed by atoms with E-state index in [0.717, 1.165) is 0 Å². The standard InChI is InChI=1S/C13H15N7O2/c1-19-8-7-9(17-19)14-12(21)5-3-10-15-16-11-4-6-13(22-2)18-20(10)11/h4,6-8H,3,5H2,1-2H3,(H,14,17,21). The molecule has 0 aromatic carbocycles. The van der Waals surface area contributed by atoms with Gasteiger partial charge in [-0.25, -0.2) is 0 Å². The highest BCUT2D eigenvalue weighted by Gasteiger charge is 2.11. The van der Waals surface area contributed by atoms with Gasteiger partial charge in [0.1, 0.15) is 0 Å². The predicted molar refractivity (Wildman–Crippen MR) is 77.5 cm³/mol. The molecule has 3 heterocycles. The van der Waals surface area contributed by atoms with Crippen LogP contribution in [0.1, 0.15) is 12.2 Å². The van der Waals surface area contributed by atoms with E-state index in [1.54, 1.807) is 47.8 Å². The van der Waals surface area contributed by atoms with Gasteiger partial charge < -0.3 is 10.1 Å². The molecule has 0 atom stereocenters. The molecule has 22 heavy (non-hydrogen) atoms. The number of nitrogens with one attached hydrogen (secondary N) is 1. The number of ether oxygens (including phenoxy) is 1. The number of aryl methyl sites for hydroxylation is 2. The fraction of sp³-hybridized carbons (Fsp3) is 0.308. The van der Waals surface area contributed by atoms with E-state index in [-0.39, 0.29) is 12.3 Å². The zero-order valence-corrected chi connectivity index (χ0v) is 12.2. The Morgan fingerprint density at radius 1 is 1.27 bits per heavy atom. The number of carbonyl (C=O) groups excluding carboxylic acids is 1. The molecule has 0 radical (unpaired) electrons. The van der Waals surface area contributed by atoms with Crippen LogP contribution in [0.3, 0.4) is 0 Å². The number of rotatable bonds is 5. The fourth-order valence-corrected chi connectivity index (χ4v) is 1.99. The fourth-order valence-electron chi connectivity index (χ4n) is 1.99. The molecule has 1 N–H and O–H groups in total. The summed E-state index contributed by atoms with van der Waals surface area (Å²) in [6.07, 6.45) is 2.44. The van der Waals surface area contributed by atoms with E-state index >= 15 is 0 Å². The van der Waals surface area contributed by atoms with Gasteiger partial charge in [0.05, 0.1) is 7.11 Å². The van der Waals surface area contributed by atoms with Crippen LogP contribution < -0.4 is 10.1 Å². The first-order valence-electron chi connectivity index (χ1n) is 6.70. The summed E-state index contributed by atoms with van der Waals surface area (Å²) in [6, 6.07) is 5.20. The van der Waals surface area contributed by atoms with Crippen molar-refractivity contribution in [3.05, 3.63) is 30.2 Å². The van der Waals surface area contributed by atoms with Crippen molar-refractivity contribution in [2.45, 2.75) is 12.8 Å². The highest BCUT2D eigenvalue weighted by atomic mass is 16.5. The van der Waals surface area contributed by atoms with Crippen LogP contribution in [0.5, 0.6) is 5.88 Å². The molecular formula is C13H15N7O2. The number of hydrogen-bond donors (Lipinski definition) is 1. The molecule has 0 saturated heterocycles. The van der Waals surface area contributed by atoms with Crippen molar-refractivity contribution >= 4 is 17.4 Å². The summed E-state index contributed by atoms with van der Waals surface area (Å²) in [5.41, 5.74) is 0.612. The van der Waals surface area contributed by atoms with E-state index in [1.165, 1.54) is 0 Å². The minimum atomic E-state index is -0.140. The SMILES string of the molecule is COc1ccc2nnc(CCC(=O)Nc3ccn(C)n3)n2n1. The molecule has 0 aliphatic carbocycles. The number of methoxy groups -OCH3 is 1. The van der Waals surface area contributed by atoms with Crippen molar-refractivity contribution in [3.8, 4) is 5.88 Å². The Bertz CT molecular complexity index is 808. The minimum absolute atomic E-state index is 0.140. The summed E-state index contributed by atoms with van der Waals surface area (Å²) >= 11 is 0. The van der Waals surface area contributed by atoms with E-state index in [9.17, 15) is 4.79 Å². The largest absolute Gasteiger partial charge is 0.480 e. The van der Waals surface area contributed by atoms with Gasteiger partial charge >= 0.3 is 0 Å². The van der Waals surface area contributed by atoms with Gasteiger partial charge in [0.15, 0.2) is 17.3 Å². The molecule has 3 aromatic heterocycles. The molecule has 9 nitrogen and oxygen atoms in total. The molecule has 0 aliphatic heterocycles. The summed E-state index contributed by atoms with van der Waals surface area (Å²) in [6.45, 7) is 0. The van der Waals surface area contributed by atoms with Gasteiger partial charge in [-0.05, 0) is 6.07 Å². The van der Waals surface area contributed by atoms with Crippen LogP contribution in [0.15, 0.2) is 24.4 Å². The first-order valence-corrected chi connectivity index (χ1v) is 6.70. The highest BCUT2D eigenvalue weighted by Crippen LogP contribution is 2.10. The number of anilines is 1. The van der Waals surface area contributed by atoms with E-state index in [1.807, 2.05) is 0 Å². The predicted octanol–water partition coefficient (Wildman–Crippen LogP) is 0.438. The van der Waals surface area contributed by atoms with E-state index in [0.29, 0.717) is 29.6 Å². The van der Waals surface area contributed by atoms with Gasteiger partial charge in [-0.1, -0.05) is 0 Å². The van der Waals surface area contributed by atoms with Crippen LogP contribution in [-0.4, -0.2) is 42.6 Å². The average Bonchev–Trinajstić information content (AvgIpc) is 3.10. The minimum Gasteiger partial charge on any atom is -0.480 e. The third-order valence-electron chi connectivity index (χ3n) is 3.07. The Morgan fingerprint density at radius 2 is 2.14 bits per heavy atom. The lowest BCUT2D eigenvalue weighted by molar-refractivity contribution is -0.116. The molecular weight excluding hydrogens is 286 g/mol. The van der Waals surface area contributed by atoms with Crippen molar-refractivity contribution in [3.63, 3.8) is 0 Å². The van der Waals surface area contributed by atoms with Gasteiger partial charge in [-0.2, -0.15) is 9.61 Å². The average molecular weight is 301 g/mol. The molecule has 0 bridgehead atoms. The Morgan fingerprint density at radius 3 is 2.86 bits per heavy atom. The second kappa shape index (κ2) is 5.80. The summed E-state index contributed by atoms with van der Waals surface area (Å²) in [7, 11) is 3.33. The van der Waals surface area contributed by atoms with Crippen molar-refractivity contribution < 1.29 is 9.53 Å². The number of carbonyl (C=O) groups is 1. The number of amides is 1. The maximum absolute atomic E-state index is 11.9. The summed E-state index contributed by atoms with van der Waals surface area (Å²) in [5, 5.41) is 19.1. The first kappa shape index (κ1) is 14.0. The van der Waals surface area contributed by atoms with Crippen molar-refractivity contribution in [1.82, 2.24) is 29.6 Å². The lowest BCUT2D eigenvalue weighted by Gasteiger charge is -2.02. The van der Waals surface area contributed by atoms with Crippen LogP contribution in [0.2, 0.25) is 0 Å². The number of nitrogens with zero attached hydrogens (tertiary/aromatic N) is 6. The van der Waals surface area contributed by atoms with Crippen molar-refractivity contribution in [1.29, 1.82) is 0 Å². The molecule has 1 amide bonds. The highest BCUT2D eigenvalue weighted by molar-refractivity contribution is 5.89. The molecule has 3 aromatic rings. The lowest BCUT2D eigenvalue weighted by atomic mass is 10.3. The topological polar surface area (TPSA) is 99.2 Å². The van der Waals surface area contributed by atoms with Crippen LogP contribution >= 0.6 is 0 Å². The van der Waals surface area contributed by atoms with Crippen LogP contribution in [0.4, 0.5) is 5.82 Å². The summed E-state index contributed by atoms with van der Waals surface area (Å²) in [5.74, 6) is 1.45.